The molecule has 1 amide bonds. The third-order valence-electron chi connectivity index (χ3n) is 3.53. The highest BCUT2D eigenvalue weighted by Crippen LogP contribution is 2.13. The van der Waals surface area contributed by atoms with Crippen molar-refractivity contribution < 1.29 is 13.6 Å². The quantitative estimate of drug-likeness (QED) is 0.736. The highest BCUT2D eigenvalue weighted by atomic mass is 19.1. The average Bonchev–Trinajstić information content (AvgIpc) is 3.02. The van der Waals surface area contributed by atoms with Crippen LogP contribution in [0.1, 0.15) is 15.9 Å². The van der Waals surface area contributed by atoms with Crippen molar-refractivity contribution >= 4 is 5.91 Å². The van der Waals surface area contributed by atoms with Crippen LogP contribution in [0.3, 0.4) is 0 Å². The minimum atomic E-state index is -0.774. The topological polar surface area (TPSA) is 38.1 Å². The Morgan fingerprint density at radius 1 is 1.12 bits per heavy atom. The van der Waals surface area contributed by atoms with Crippen LogP contribution in [-0.4, -0.2) is 27.6 Å². The molecule has 1 aromatic heterocycles. The Hall–Kier alpha value is -3.02. The smallest absolute Gasteiger partial charge is 0.254 e. The molecule has 3 rings (SSSR count). The fourth-order valence-electron chi connectivity index (χ4n) is 2.41. The van der Waals surface area contributed by atoms with Crippen LogP contribution in [0.5, 0.6) is 0 Å². The molecular weight excluding hydrogens is 312 g/mol. The lowest BCUT2D eigenvalue weighted by Gasteiger charge is -2.16. The molecule has 0 saturated carbocycles. The van der Waals surface area contributed by atoms with E-state index in [4.69, 9.17) is 0 Å². The monoisotopic (exact) mass is 327 g/mol. The first-order valence-corrected chi connectivity index (χ1v) is 7.33. The molecule has 0 saturated heterocycles. The number of amides is 1. The van der Waals surface area contributed by atoms with E-state index in [-0.39, 0.29) is 12.1 Å². The van der Waals surface area contributed by atoms with Crippen molar-refractivity contribution in [2.24, 2.45) is 0 Å². The van der Waals surface area contributed by atoms with E-state index in [0.717, 1.165) is 29.4 Å². The van der Waals surface area contributed by atoms with Crippen molar-refractivity contribution in [3.8, 4) is 5.69 Å². The van der Waals surface area contributed by atoms with E-state index < -0.39 is 17.5 Å². The summed E-state index contributed by atoms with van der Waals surface area (Å²) in [4.78, 5) is 13.7. The summed E-state index contributed by atoms with van der Waals surface area (Å²) < 4.78 is 28.2. The maximum Gasteiger partial charge on any atom is 0.254 e. The van der Waals surface area contributed by atoms with Crippen LogP contribution in [0, 0.1) is 11.6 Å². The van der Waals surface area contributed by atoms with Gasteiger partial charge in [0.1, 0.15) is 11.6 Å². The molecule has 4 nitrogen and oxygen atoms in total. The molecule has 0 N–H and O–H groups in total. The third kappa shape index (κ3) is 3.48. The average molecular weight is 327 g/mol. The van der Waals surface area contributed by atoms with Crippen LogP contribution < -0.4 is 0 Å². The molecule has 0 unspecified atom stereocenters. The predicted octanol–water partition coefficient (Wildman–Crippen LogP) is 3.42. The highest BCUT2D eigenvalue weighted by molar-refractivity contribution is 5.94. The Kier molecular flexibility index (Phi) is 4.37. The van der Waals surface area contributed by atoms with Gasteiger partial charge in [-0.3, -0.25) is 4.79 Å². The number of hydrogen-bond acceptors (Lipinski definition) is 2. The Morgan fingerprint density at radius 3 is 2.46 bits per heavy atom. The van der Waals surface area contributed by atoms with Gasteiger partial charge in [-0.05, 0) is 24.3 Å². The predicted molar refractivity (Wildman–Crippen MR) is 85.7 cm³/mol. The zero-order valence-electron chi connectivity index (χ0n) is 13.0. The molecule has 0 fully saturated rings. The van der Waals surface area contributed by atoms with Gasteiger partial charge in [0.2, 0.25) is 0 Å². The molecule has 0 aliphatic heterocycles. The summed E-state index contributed by atoms with van der Waals surface area (Å²) in [6.45, 7) is 0.282. The van der Waals surface area contributed by atoms with Gasteiger partial charge in [-0.1, -0.05) is 18.2 Å². The normalized spacial score (nSPS) is 10.6. The van der Waals surface area contributed by atoms with Gasteiger partial charge in [0, 0.05) is 37.0 Å². The number of hydrogen-bond donors (Lipinski definition) is 0. The Morgan fingerprint density at radius 2 is 1.79 bits per heavy atom. The molecule has 0 atom stereocenters. The van der Waals surface area contributed by atoms with Gasteiger partial charge >= 0.3 is 0 Å². The lowest BCUT2D eigenvalue weighted by molar-refractivity contribution is 0.0784. The Bertz CT molecular complexity index is 841. The Balaban J connectivity index is 1.74. The highest BCUT2D eigenvalue weighted by Gasteiger charge is 2.15. The minimum absolute atomic E-state index is 0.0227. The van der Waals surface area contributed by atoms with Crippen LogP contribution in [0.2, 0.25) is 0 Å². The molecule has 0 aliphatic rings. The largest absolute Gasteiger partial charge is 0.337 e. The number of nitrogens with zero attached hydrogens (tertiary/aromatic N) is 3. The minimum Gasteiger partial charge on any atom is -0.337 e. The first-order chi connectivity index (χ1) is 11.5. The summed E-state index contributed by atoms with van der Waals surface area (Å²) >= 11 is 0. The van der Waals surface area contributed by atoms with Crippen LogP contribution in [0.4, 0.5) is 8.78 Å². The zero-order valence-corrected chi connectivity index (χ0v) is 13.0. The molecule has 122 valence electrons. The van der Waals surface area contributed by atoms with Crippen molar-refractivity contribution in [1.29, 1.82) is 0 Å². The van der Waals surface area contributed by atoms with E-state index in [1.54, 1.807) is 17.9 Å². The van der Waals surface area contributed by atoms with E-state index in [1.807, 2.05) is 36.5 Å². The van der Waals surface area contributed by atoms with Gasteiger partial charge in [0.05, 0.1) is 11.9 Å². The number of rotatable bonds is 4. The van der Waals surface area contributed by atoms with E-state index in [2.05, 4.69) is 5.10 Å². The second-order valence-corrected chi connectivity index (χ2v) is 5.45. The molecule has 3 aromatic rings. The van der Waals surface area contributed by atoms with E-state index in [0.29, 0.717) is 0 Å². The number of benzene rings is 2. The number of carbonyl (C=O) groups is 1. The van der Waals surface area contributed by atoms with Crippen LogP contribution in [-0.2, 0) is 6.54 Å². The van der Waals surface area contributed by atoms with Gasteiger partial charge < -0.3 is 4.90 Å². The lowest BCUT2D eigenvalue weighted by Crippen LogP contribution is -2.26. The first-order valence-electron chi connectivity index (χ1n) is 7.33. The number of para-hydroxylation sites is 1. The second-order valence-electron chi connectivity index (χ2n) is 5.45. The maximum absolute atomic E-state index is 13.2. The molecule has 2 aromatic carbocycles. The number of aromatic nitrogens is 2. The molecule has 0 aliphatic carbocycles. The maximum atomic E-state index is 13.2. The van der Waals surface area contributed by atoms with Crippen LogP contribution >= 0.6 is 0 Å². The fourth-order valence-corrected chi connectivity index (χ4v) is 2.41. The summed E-state index contributed by atoms with van der Waals surface area (Å²) in [5, 5.41) is 4.26. The van der Waals surface area contributed by atoms with Gasteiger partial charge in [-0.25, -0.2) is 13.5 Å². The zero-order chi connectivity index (χ0) is 17.1. The molecule has 0 bridgehead atoms. The standard InChI is InChI=1S/C18H15F2N3O/c1-22(18(24)14-7-15(19)9-16(20)8-14)11-13-10-21-23(12-13)17-5-3-2-4-6-17/h2-10,12H,11H2,1H3. The van der Waals surface area contributed by atoms with E-state index in [9.17, 15) is 13.6 Å². The number of carbonyl (C=O) groups excluding carboxylic acids is 1. The first kappa shape index (κ1) is 15.9. The summed E-state index contributed by atoms with van der Waals surface area (Å²) in [6.07, 6.45) is 3.47. The van der Waals surface area contributed by atoms with Crippen LogP contribution in [0.25, 0.3) is 5.69 Å². The summed E-state index contributed by atoms with van der Waals surface area (Å²) in [5.74, 6) is -2.01. The number of halogens is 2. The van der Waals surface area contributed by atoms with Crippen molar-refractivity contribution in [3.63, 3.8) is 0 Å². The molecular formula is C18H15F2N3O. The third-order valence-corrected chi connectivity index (χ3v) is 3.53. The Labute approximate surface area is 138 Å². The van der Waals surface area contributed by atoms with E-state index >= 15 is 0 Å². The van der Waals surface area contributed by atoms with Crippen molar-refractivity contribution in [3.05, 3.63) is 83.7 Å². The molecule has 24 heavy (non-hydrogen) atoms. The van der Waals surface area contributed by atoms with Crippen molar-refractivity contribution in [1.82, 2.24) is 14.7 Å². The molecule has 6 heteroatoms. The van der Waals surface area contributed by atoms with Crippen molar-refractivity contribution in [2.75, 3.05) is 7.05 Å². The molecule has 1 heterocycles. The summed E-state index contributed by atoms with van der Waals surface area (Å²) in [6, 6.07) is 12.3. The van der Waals surface area contributed by atoms with Crippen molar-refractivity contribution in [2.45, 2.75) is 6.54 Å². The molecule has 0 radical (unpaired) electrons. The van der Waals surface area contributed by atoms with Gasteiger partial charge in [-0.2, -0.15) is 5.10 Å². The lowest BCUT2D eigenvalue weighted by atomic mass is 10.2. The fraction of sp³-hybridized carbons (Fsp3) is 0.111. The summed E-state index contributed by atoms with van der Waals surface area (Å²) in [7, 11) is 1.57. The van der Waals surface area contributed by atoms with Gasteiger partial charge in [0.25, 0.3) is 5.91 Å². The second kappa shape index (κ2) is 6.62. The van der Waals surface area contributed by atoms with E-state index in [1.165, 1.54) is 4.90 Å². The molecule has 0 spiro atoms. The van der Waals surface area contributed by atoms with Gasteiger partial charge in [-0.15, -0.1) is 0 Å². The van der Waals surface area contributed by atoms with Gasteiger partial charge in [0.15, 0.2) is 0 Å². The SMILES string of the molecule is CN(Cc1cnn(-c2ccccc2)c1)C(=O)c1cc(F)cc(F)c1. The summed E-state index contributed by atoms with van der Waals surface area (Å²) in [5.41, 5.74) is 1.70. The van der Waals surface area contributed by atoms with Crippen LogP contribution in [0.15, 0.2) is 60.9 Å².